The molecule has 9 nitrogen and oxygen atoms in total. The van der Waals surface area contributed by atoms with Crippen molar-refractivity contribution in [1.82, 2.24) is 25.8 Å². The number of methoxy groups -OCH3 is 1. The molecule has 0 radical (unpaired) electrons. The largest absolute Gasteiger partial charge is 0.383 e. The number of hydrogen-bond acceptors (Lipinski definition) is 5. The molecule has 0 aliphatic carbocycles. The maximum Gasteiger partial charge on any atom is 0.234 e. The summed E-state index contributed by atoms with van der Waals surface area (Å²) in [4.78, 5) is 32.4. The first kappa shape index (κ1) is 26.9. The summed E-state index contributed by atoms with van der Waals surface area (Å²) in [7, 11) is 1.62. The van der Waals surface area contributed by atoms with Gasteiger partial charge in [0, 0.05) is 58.8 Å². The van der Waals surface area contributed by atoms with Crippen molar-refractivity contribution in [2.24, 2.45) is 10.9 Å². The van der Waals surface area contributed by atoms with Crippen molar-refractivity contribution in [1.29, 1.82) is 0 Å². The van der Waals surface area contributed by atoms with Crippen molar-refractivity contribution in [3.63, 3.8) is 0 Å². The third-order valence-corrected chi connectivity index (χ3v) is 4.20. The number of guanidine groups is 1. The van der Waals surface area contributed by atoms with E-state index >= 15 is 0 Å². The molecule has 0 aromatic carbocycles. The van der Waals surface area contributed by atoms with Crippen molar-refractivity contribution < 1.29 is 14.3 Å². The first-order valence-corrected chi connectivity index (χ1v) is 9.76. The van der Waals surface area contributed by atoms with Crippen LogP contribution in [0.15, 0.2) is 4.99 Å². The van der Waals surface area contributed by atoms with Gasteiger partial charge in [-0.15, -0.1) is 24.0 Å². The number of aliphatic imine (C=N–C) groups is 1. The van der Waals surface area contributed by atoms with Gasteiger partial charge in [0.25, 0.3) is 0 Å². The molecular formula is C18H37IN6O3. The fourth-order valence-corrected chi connectivity index (χ4v) is 2.64. The SMILES string of the molecule is CCNC(=NCCNC(=O)C(C)C)N1CCN(CC(=O)NCCOC)CC1.I. The number of halogens is 1. The number of nitrogens with zero attached hydrogens (tertiary/aromatic N) is 3. The Labute approximate surface area is 186 Å². The zero-order valence-electron chi connectivity index (χ0n) is 17.6. The number of rotatable bonds is 10. The quantitative estimate of drug-likeness (QED) is 0.161. The van der Waals surface area contributed by atoms with Gasteiger partial charge in [0.05, 0.1) is 19.7 Å². The fraction of sp³-hybridized carbons (Fsp3) is 0.833. The third kappa shape index (κ3) is 11.0. The Bertz CT molecular complexity index is 482. The maximum atomic E-state index is 11.9. The number of hydrogen-bond donors (Lipinski definition) is 3. The van der Waals surface area contributed by atoms with Crippen LogP contribution in [0.1, 0.15) is 20.8 Å². The topological polar surface area (TPSA) is 98.3 Å². The minimum absolute atomic E-state index is 0. The molecular weight excluding hydrogens is 475 g/mol. The molecule has 1 rings (SSSR count). The van der Waals surface area contributed by atoms with Crippen LogP contribution in [0.3, 0.4) is 0 Å². The zero-order chi connectivity index (χ0) is 20.1. The summed E-state index contributed by atoms with van der Waals surface area (Å²) in [5, 5.41) is 9.03. The van der Waals surface area contributed by atoms with Crippen LogP contribution in [0.5, 0.6) is 0 Å². The number of nitrogens with one attached hydrogen (secondary N) is 3. The van der Waals surface area contributed by atoms with E-state index in [9.17, 15) is 9.59 Å². The molecule has 10 heteroatoms. The summed E-state index contributed by atoms with van der Waals surface area (Å²) in [5.41, 5.74) is 0. The molecule has 0 atom stereocenters. The van der Waals surface area contributed by atoms with E-state index in [-0.39, 0.29) is 41.7 Å². The van der Waals surface area contributed by atoms with Gasteiger partial charge in [-0.25, -0.2) is 0 Å². The predicted octanol–water partition coefficient (Wildman–Crippen LogP) is -0.278. The minimum Gasteiger partial charge on any atom is -0.383 e. The summed E-state index contributed by atoms with van der Waals surface area (Å²) in [6, 6.07) is 0. The second-order valence-corrected chi connectivity index (χ2v) is 6.79. The van der Waals surface area contributed by atoms with Crippen molar-refractivity contribution in [2.45, 2.75) is 20.8 Å². The van der Waals surface area contributed by atoms with E-state index in [4.69, 9.17) is 4.74 Å². The van der Waals surface area contributed by atoms with Gasteiger partial charge in [0.15, 0.2) is 5.96 Å². The molecule has 0 aromatic heterocycles. The first-order valence-electron chi connectivity index (χ1n) is 9.76. The lowest BCUT2D eigenvalue weighted by Crippen LogP contribution is -2.54. The lowest BCUT2D eigenvalue weighted by molar-refractivity contribution is -0.124. The van der Waals surface area contributed by atoms with Crippen LogP contribution in [0.2, 0.25) is 0 Å². The Kier molecular flexibility index (Phi) is 15.1. The lowest BCUT2D eigenvalue weighted by atomic mass is 10.2. The molecule has 0 spiro atoms. The van der Waals surface area contributed by atoms with E-state index in [1.807, 2.05) is 20.8 Å². The molecule has 0 aromatic rings. The van der Waals surface area contributed by atoms with Crippen LogP contribution < -0.4 is 16.0 Å². The van der Waals surface area contributed by atoms with Gasteiger partial charge in [-0.1, -0.05) is 13.8 Å². The van der Waals surface area contributed by atoms with Crippen LogP contribution in [0.4, 0.5) is 0 Å². The Morgan fingerprint density at radius 2 is 1.75 bits per heavy atom. The van der Waals surface area contributed by atoms with Crippen molar-refractivity contribution in [3.05, 3.63) is 0 Å². The van der Waals surface area contributed by atoms with Crippen molar-refractivity contribution >= 4 is 41.8 Å². The summed E-state index contributed by atoms with van der Waals surface area (Å²) >= 11 is 0. The smallest absolute Gasteiger partial charge is 0.234 e. The van der Waals surface area contributed by atoms with Crippen LogP contribution in [-0.4, -0.2) is 100 Å². The van der Waals surface area contributed by atoms with Crippen LogP contribution in [0.25, 0.3) is 0 Å². The van der Waals surface area contributed by atoms with Gasteiger partial charge < -0.3 is 25.6 Å². The van der Waals surface area contributed by atoms with E-state index in [0.29, 0.717) is 32.8 Å². The first-order chi connectivity index (χ1) is 13.0. The molecule has 1 fully saturated rings. The highest BCUT2D eigenvalue weighted by Gasteiger charge is 2.21. The molecule has 0 bridgehead atoms. The minimum atomic E-state index is -0.0120. The second kappa shape index (κ2) is 15.7. The van der Waals surface area contributed by atoms with E-state index in [0.717, 1.165) is 38.7 Å². The molecule has 164 valence electrons. The van der Waals surface area contributed by atoms with E-state index in [1.165, 1.54) is 0 Å². The summed E-state index contributed by atoms with van der Waals surface area (Å²) in [6.07, 6.45) is 0. The Hall–Kier alpha value is -1.14. The van der Waals surface area contributed by atoms with Gasteiger partial charge in [0.1, 0.15) is 0 Å². The van der Waals surface area contributed by atoms with Crippen LogP contribution in [0, 0.1) is 5.92 Å². The molecule has 1 saturated heterocycles. The fourth-order valence-electron chi connectivity index (χ4n) is 2.64. The molecule has 3 N–H and O–H groups in total. The normalized spacial score (nSPS) is 15.2. The Morgan fingerprint density at radius 1 is 1.07 bits per heavy atom. The molecule has 1 heterocycles. The summed E-state index contributed by atoms with van der Waals surface area (Å²) in [5.74, 6) is 0.928. The average Bonchev–Trinajstić information content (AvgIpc) is 2.65. The number of carbonyl (C=O) groups excluding carboxylic acids is 2. The number of carbonyl (C=O) groups is 2. The summed E-state index contributed by atoms with van der Waals surface area (Å²) in [6.45, 7) is 12.4. The third-order valence-electron chi connectivity index (χ3n) is 4.20. The van der Waals surface area contributed by atoms with E-state index in [2.05, 4.69) is 30.7 Å². The van der Waals surface area contributed by atoms with Crippen molar-refractivity contribution in [2.75, 3.05) is 72.6 Å². The van der Waals surface area contributed by atoms with Gasteiger partial charge in [-0.2, -0.15) is 0 Å². The van der Waals surface area contributed by atoms with Gasteiger partial charge in [-0.05, 0) is 6.92 Å². The zero-order valence-corrected chi connectivity index (χ0v) is 20.0. The summed E-state index contributed by atoms with van der Waals surface area (Å²) < 4.78 is 4.93. The standard InChI is InChI=1S/C18H36N6O3.HI/c1-5-19-18(22-7-6-21-17(26)15(2)3)24-11-9-23(10-12-24)14-16(25)20-8-13-27-4;/h15H,5-14H2,1-4H3,(H,19,22)(H,20,25)(H,21,26);1H. The van der Waals surface area contributed by atoms with E-state index < -0.39 is 0 Å². The molecule has 28 heavy (non-hydrogen) atoms. The second-order valence-electron chi connectivity index (χ2n) is 6.79. The number of ether oxygens (including phenoxy) is 1. The number of amides is 2. The van der Waals surface area contributed by atoms with Gasteiger partial charge in [0.2, 0.25) is 11.8 Å². The molecule has 2 amide bonds. The average molecular weight is 512 g/mol. The molecule has 1 aliphatic rings. The highest BCUT2D eigenvalue weighted by Crippen LogP contribution is 2.02. The monoisotopic (exact) mass is 512 g/mol. The number of piperazine rings is 1. The van der Waals surface area contributed by atoms with Crippen LogP contribution >= 0.6 is 24.0 Å². The predicted molar refractivity (Wildman–Crippen MR) is 122 cm³/mol. The van der Waals surface area contributed by atoms with Gasteiger partial charge in [-0.3, -0.25) is 19.5 Å². The molecule has 1 aliphatic heterocycles. The highest BCUT2D eigenvalue weighted by molar-refractivity contribution is 14.0. The Morgan fingerprint density at radius 3 is 2.32 bits per heavy atom. The maximum absolute atomic E-state index is 11.9. The van der Waals surface area contributed by atoms with Crippen LogP contribution in [-0.2, 0) is 14.3 Å². The Balaban J connectivity index is 0.00000729. The van der Waals surface area contributed by atoms with Gasteiger partial charge >= 0.3 is 0 Å². The highest BCUT2D eigenvalue weighted by atomic mass is 127. The lowest BCUT2D eigenvalue weighted by Gasteiger charge is -2.36. The molecule has 0 saturated carbocycles. The van der Waals surface area contributed by atoms with Crippen molar-refractivity contribution in [3.8, 4) is 0 Å². The molecule has 0 unspecified atom stereocenters. The van der Waals surface area contributed by atoms with E-state index in [1.54, 1.807) is 7.11 Å².